The third-order valence-corrected chi connectivity index (χ3v) is 2.53. The molecule has 96 valence electrons. The van der Waals surface area contributed by atoms with Crippen molar-refractivity contribution >= 4 is 22.9 Å². The van der Waals surface area contributed by atoms with E-state index in [0.717, 1.165) is 22.3 Å². The number of aliphatic imine (C=N–C) groups is 1. The van der Waals surface area contributed by atoms with E-state index in [1.807, 2.05) is 43.4 Å². The van der Waals surface area contributed by atoms with Crippen LogP contribution >= 0.6 is 0 Å². The smallest absolute Gasteiger partial charge is 0.306 e. The largest absolute Gasteiger partial charge is 0.323 e. The maximum Gasteiger partial charge on any atom is 0.323 e. The van der Waals surface area contributed by atoms with Crippen LogP contribution in [0.4, 0.5) is 5.69 Å². The quantitative estimate of drug-likeness (QED) is 0.637. The molecule has 1 aromatic heterocycles. The molecule has 2 N–H and O–H groups in total. The molecule has 0 saturated heterocycles. The lowest BCUT2D eigenvalue weighted by atomic mass is 10.2. The van der Waals surface area contributed by atoms with E-state index in [9.17, 15) is 4.79 Å². The van der Waals surface area contributed by atoms with Gasteiger partial charge in [-0.05, 0) is 30.7 Å². The Morgan fingerprint density at radius 2 is 2.11 bits per heavy atom. The SMILES string of the molecule is C=C/C=C(C=Nc1ccc2[nH]c(=O)[nH]c2c1)\C=C/C. The molecular formula is C15H15N3O. The maximum atomic E-state index is 11.2. The fraction of sp³-hybridized carbons (Fsp3) is 0.0667. The summed E-state index contributed by atoms with van der Waals surface area (Å²) in [5.74, 6) is 0. The first-order valence-electron chi connectivity index (χ1n) is 5.94. The molecule has 0 aliphatic carbocycles. The predicted octanol–water partition coefficient (Wildman–Crippen LogP) is 3.25. The highest BCUT2D eigenvalue weighted by Crippen LogP contribution is 2.17. The number of fused-ring (bicyclic) bond motifs is 1. The molecule has 0 aliphatic rings. The van der Waals surface area contributed by atoms with E-state index in [2.05, 4.69) is 21.5 Å². The first-order chi connectivity index (χ1) is 9.22. The van der Waals surface area contributed by atoms with Crippen molar-refractivity contribution in [3.05, 3.63) is 65.1 Å². The fourth-order valence-electron chi connectivity index (χ4n) is 1.72. The number of rotatable bonds is 4. The molecule has 0 radical (unpaired) electrons. The molecule has 0 aliphatic heterocycles. The minimum absolute atomic E-state index is 0.211. The highest BCUT2D eigenvalue weighted by Gasteiger charge is 1.98. The zero-order chi connectivity index (χ0) is 13.7. The second-order valence-corrected chi connectivity index (χ2v) is 3.97. The van der Waals surface area contributed by atoms with Gasteiger partial charge in [-0.2, -0.15) is 0 Å². The van der Waals surface area contributed by atoms with Gasteiger partial charge in [0.1, 0.15) is 0 Å². The van der Waals surface area contributed by atoms with E-state index in [1.165, 1.54) is 0 Å². The van der Waals surface area contributed by atoms with Crippen molar-refractivity contribution in [2.24, 2.45) is 4.99 Å². The fourth-order valence-corrected chi connectivity index (χ4v) is 1.72. The van der Waals surface area contributed by atoms with Crippen LogP contribution in [0.5, 0.6) is 0 Å². The Bertz CT molecular complexity index is 729. The lowest BCUT2D eigenvalue weighted by molar-refractivity contribution is 1.21. The number of aromatic amines is 2. The molecule has 19 heavy (non-hydrogen) atoms. The van der Waals surface area contributed by atoms with Crippen LogP contribution in [0.2, 0.25) is 0 Å². The topological polar surface area (TPSA) is 61.0 Å². The van der Waals surface area contributed by atoms with E-state index < -0.39 is 0 Å². The number of aromatic nitrogens is 2. The summed E-state index contributed by atoms with van der Waals surface area (Å²) >= 11 is 0. The zero-order valence-corrected chi connectivity index (χ0v) is 10.7. The summed E-state index contributed by atoms with van der Waals surface area (Å²) in [4.78, 5) is 20.9. The second-order valence-electron chi connectivity index (χ2n) is 3.97. The van der Waals surface area contributed by atoms with Gasteiger partial charge in [0.25, 0.3) is 0 Å². The number of H-pyrrole nitrogens is 2. The molecule has 0 fully saturated rings. The normalized spacial score (nSPS) is 12.8. The maximum absolute atomic E-state index is 11.2. The van der Waals surface area contributed by atoms with E-state index in [0.29, 0.717) is 0 Å². The summed E-state index contributed by atoms with van der Waals surface area (Å²) in [6.07, 6.45) is 9.23. The Morgan fingerprint density at radius 3 is 2.84 bits per heavy atom. The number of hydrogen-bond donors (Lipinski definition) is 2. The van der Waals surface area contributed by atoms with Gasteiger partial charge in [0.2, 0.25) is 0 Å². The third-order valence-electron chi connectivity index (χ3n) is 2.53. The molecule has 0 spiro atoms. The van der Waals surface area contributed by atoms with E-state index in [4.69, 9.17) is 0 Å². The lowest BCUT2D eigenvalue weighted by Crippen LogP contribution is -1.99. The molecule has 0 unspecified atom stereocenters. The van der Waals surface area contributed by atoms with Gasteiger partial charge in [-0.15, -0.1) is 0 Å². The standard InChI is InChI=1S/C15H15N3O/c1-3-5-11(6-4-2)10-16-12-7-8-13-14(9-12)18-15(19)17-13/h3-10H,1H2,2H3,(H2,17,18,19)/b6-4-,11-5+,16-10?. The summed E-state index contributed by atoms with van der Waals surface area (Å²) in [5.41, 5.74) is 3.05. The Labute approximate surface area is 110 Å². The Morgan fingerprint density at radius 1 is 1.32 bits per heavy atom. The van der Waals surface area contributed by atoms with Crippen molar-refractivity contribution in [2.45, 2.75) is 6.92 Å². The van der Waals surface area contributed by atoms with Gasteiger partial charge in [-0.1, -0.05) is 30.9 Å². The van der Waals surface area contributed by atoms with Gasteiger partial charge in [0.05, 0.1) is 16.7 Å². The molecule has 0 saturated carbocycles. The Kier molecular flexibility index (Phi) is 3.93. The van der Waals surface area contributed by atoms with Gasteiger partial charge < -0.3 is 9.97 Å². The summed E-state index contributed by atoms with van der Waals surface area (Å²) in [7, 11) is 0. The van der Waals surface area contributed by atoms with Crippen LogP contribution in [-0.4, -0.2) is 16.2 Å². The first kappa shape index (κ1) is 12.8. The number of nitrogens with zero attached hydrogens (tertiary/aromatic N) is 1. The summed E-state index contributed by atoms with van der Waals surface area (Å²) in [6, 6.07) is 5.50. The monoisotopic (exact) mass is 253 g/mol. The van der Waals surface area contributed by atoms with E-state index >= 15 is 0 Å². The molecule has 0 amide bonds. The molecule has 0 bridgehead atoms. The second kappa shape index (κ2) is 5.82. The molecule has 0 atom stereocenters. The van der Waals surface area contributed by atoms with Gasteiger partial charge in [-0.3, -0.25) is 4.99 Å². The number of hydrogen-bond acceptors (Lipinski definition) is 2. The van der Waals surface area contributed by atoms with Crippen molar-refractivity contribution < 1.29 is 0 Å². The zero-order valence-electron chi connectivity index (χ0n) is 10.7. The van der Waals surface area contributed by atoms with Crippen LogP contribution in [0.3, 0.4) is 0 Å². The minimum atomic E-state index is -0.211. The van der Waals surface area contributed by atoms with Crippen molar-refractivity contribution in [3.8, 4) is 0 Å². The highest BCUT2D eigenvalue weighted by molar-refractivity contribution is 5.86. The molecule has 4 heteroatoms. The molecule has 2 aromatic rings. The summed E-state index contributed by atoms with van der Waals surface area (Å²) < 4.78 is 0. The van der Waals surface area contributed by atoms with Crippen LogP contribution in [-0.2, 0) is 0 Å². The molecule has 2 rings (SSSR count). The van der Waals surface area contributed by atoms with Crippen LogP contribution in [0, 0.1) is 0 Å². The van der Waals surface area contributed by atoms with E-state index in [-0.39, 0.29) is 5.69 Å². The van der Waals surface area contributed by atoms with E-state index in [1.54, 1.807) is 12.3 Å². The van der Waals surface area contributed by atoms with Gasteiger partial charge in [0, 0.05) is 6.21 Å². The van der Waals surface area contributed by atoms with Crippen molar-refractivity contribution in [3.63, 3.8) is 0 Å². The number of allylic oxidation sites excluding steroid dienone is 5. The summed E-state index contributed by atoms with van der Waals surface area (Å²) in [5, 5.41) is 0. The Hall–Kier alpha value is -2.62. The molecule has 1 aromatic carbocycles. The average Bonchev–Trinajstić information content (AvgIpc) is 2.75. The van der Waals surface area contributed by atoms with Gasteiger partial charge >= 0.3 is 5.69 Å². The number of imidazole rings is 1. The molecule has 4 nitrogen and oxygen atoms in total. The van der Waals surface area contributed by atoms with Crippen molar-refractivity contribution in [2.75, 3.05) is 0 Å². The van der Waals surface area contributed by atoms with Crippen molar-refractivity contribution in [1.29, 1.82) is 0 Å². The molecular weight excluding hydrogens is 238 g/mol. The minimum Gasteiger partial charge on any atom is -0.306 e. The number of benzene rings is 1. The third kappa shape index (κ3) is 3.19. The van der Waals surface area contributed by atoms with Crippen LogP contribution in [0.15, 0.2) is 64.4 Å². The lowest BCUT2D eigenvalue weighted by Gasteiger charge is -1.95. The van der Waals surface area contributed by atoms with Gasteiger partial charge in [-0.25, -0.2) is 4.79 Å². The van der Waals surface area contributed by atoms with Crippen molar-refractivity contribution in [1.82, 2.24) is 9.97 Å². The average molecular weight is 253 g/mol. The van der Waals surface area contributed by atoms with Crippen LogP contribution in [0.25, 0.3) is 11.0 Å². The first-order valence-corrected chi connectivity index (χ1v) is 5.94. The summed E-state index contributed by atoms with van der Waals surface area (Å²) in [6.45, 7) is 5.61. The number of nitrogens with one attached hydrogen (secondary N) is 2. The van der Waals surface area contributed by atoms with Crippen LogP contribution < -0.4 is 5.69 Å². The van der Waals surface area contributed by atoms with Crippen LogP contribution in [0.1, 0.15) is 6.92 Å². The molecule has 1 heterocycles. The Balaban J connectivity index is 2.31. The predicted molar refractivity (Wildman–Crippen MR) is 80.2 cm³/mol. The van der Waals surface area contributed by atoms with Gasteiger partial charge in [0.15, 0.2) is 0 Å². The highest BCUT2D eigenvalue weighted by atomic mass is 16.1.